The topological polar surface area (TPSA) is 74.3 Å². The van der Waals surface area contributed by atoms with Crippen LogP contribution in [-0.2, 0) is 11.2 Å². The maximum absolute atomic E-state index is 12.4. The molecule has 0 aliphatic heterocycles. The van der Waals surface area contributed by atoms with E-state index >= 15 is 0 Å². The highest BCUT2D eigenvalue weighted by Gasteiger charge is 2.15. The largest absolute Gasteiger partial charge is 0.349 e. The Hall–Kier alpha value is -2.89. The third-order valence-corrected chi connectivity index (χ3v) is 3.93. The highest BCUT2D eigenvalue weighted by Crippen LogP contribution is 2.18. The molecule has 0 spiro atoms. The van der Waals surface area contributed by atoms with Gasteiger partial charge in [-0.3, -0.25) is 9.78 Å². The second kappa shape index (κ2) is 8.82. The molecule has 0 bridgehead atoms. The first-order valence-corrected chi connectivity index (χ1v) is 8.26. The van der Waals surface area contributed by atoms with Crippen molar-refractivity contribution in [3.63, 3.8) is 0 Å². The first-order chi connectivity index (χ1) is 12.0. The van der Waals surface area contributed by atoms with E-state index in [9.17, 15) is 9.59 Å². The van der Waals surface area contributed by atoms with Gasteiger partial charge in [0.25, 0.3) is 0 Å². The smallest absolute Gasteiger partial charge is 0.319 e. The molecule has 2 aromatic rings. The van der Waals surface area contributed by atoms with E-state index in [2.05, 4.69) is 15.6 Å². The fourth-order valence-corrected chi connectivity index (χ4v) is 2.45. The number of hydrogen-bond donors (Lipinski definition) is 2. The quantitative estimate of drug-likeness (QED) is 0.849. The number of amides is 3. The number of nitrogens with zero attached hydrogens (tertiary/aromatic N) is 2. The number of rotatable bonds is 6. The van der Waals surface area contributed by atoms with E-state index in [-0.39, 0.29) is 24.4 Å². The number of aromatic nitrogens is 1. The van der Waals surface area contributed by atoms with E-state index < -0.39 is 0 Å². The van der Waals surface area contributed by atoms with E-state index in [0.717, 1.165) is 17.5 Å². The summed E-state index contributed by atoms with van der Waals surface area (Å²) in [6.07, 6.45) is 4.42. The van der Waals surface area contributed by atoms with Crippen molar-refractivity contribution in [2.45, 2.75) is 25.8 Å². The molecule has 1 aromatic heterocycles. The summed E-state index contributed by atoms with van der Waals surface area (Å²) >= 11 is 0. The summed E-state index contributed by atoms with van der Waals surface area (Å²) in [7, 11) is 3.43. The molecule has 0 fully saturated rings. The van der Waals surface area contributed by atoms with Gasteiger partial charge in [-0.2, -0.15) is 0 Å². The number of urea groups is 1. The number of hydrogen-bond acceptors (Lipinski definition) is 3. The minimum absolute atomic E-state index is 0.0159. The van der Waals surface area contributed by atoms with E-state index in [1.54, 1.807) is 32.6 Å². The number of benzene rings is 1. The maximum Gasteiger partial charge on any atom is 0.319 e. The molecule has 132 valence electrons. The van der Waals surface area contributed by atoms with Crippen molar-refractivity contribution in [1.29, 1.82) is 0 Å². The Labute approximate surface area is 148 Å². The van der Waals surface area contributed by atoms with Gasteiger partial charge in [0.2, 0.25) is 5.91 Å². The van der Waals surface area contributed by atoms with Crippen LogP contribution in [0.3, 0.4) is 0 Å². The van der Waals surface area contributed by atoms with Crippen molar-refractivity contribution in [2.75, 3.05) is 19.4 Å². The first kappa shape index (κ1) is 18.4. The lowest BCUT2D eigenvalue weighted by molar-refractivity contribution is -0.127. The van der Waals surface area contributed by atoms with Crippen LogP contribution in [0.25, 0.3) is 0 Å². The molecule has 1 aromatic carbocycles. The predicted molar refractivity (Wildman–Crippen MR) is 98.3 cm³/mol. The molecule has 0 saturated heterocycles. The lowest BCUT2D eigenvalue weighted by Gasteiger charge is -2.19. The maximum atomic E-state index is 12.4. The molecule has 0 saturated carbocycles. The molecular weight excluding hydrogens is 316 g/mol. The highest BCUT2D eigenvalue weighted by molar-refractivity contribution is 5.91. The number of anilines is 1. The van der Waals surface area contributed by atoms with Gasteiger partial charge in [0.05, 0.1) is 12.5 Å². The van der Waals surface area contributed by atoms with Gasteiger partial charge in [-0.05, 0) is 35.7 Å². The van der Waals surface area contributed by atoms with Crippen molar-refractivity contribution in [2.24, 2.45) is 0 Å². The summed E-state index contributed by atoms with van der Waals surface area (Å²) in [5.41, 5.74) is 2.43. The molecule has 1 atom stereocenters. The summed E-state index contributed by atoms with van der Waals surface area (Å²) in [6, 6.07) is 10.7. The lowest BCUT2D eigenvalue weighted by Crippen LogP contribution is -2.33. The Morgan fingerprint density at radius 2 is 1.80 bits per heavy atom. The van der Waals surface area contributed by atoms with Crippen molar-refractivity contribution in [3.05, 3.63) is 59.9 Å². The molecule has 25 heavy (non-hydrogen) atoms. The van der Waals surface area contributed by atoms with Crippen LogP contribution in [0, 0.1) is 0 Å². The number of likely N-dealkylation sites (N-methyl/N-ethyl adjacent to an activating group) is 1. The highest BCUT2D eigenvalue weighted by atomic mass is 16.2. The zero-order valence-electron chi connectivity index (χ0n) is 14.8. The van der Waals surface area contributed by atoms with Gasteiger partial charge >= 0.3 is 6.03 Å². The molecule has 1 heterocycles. The third-order valence-electron chi connectivity index (χ3n) is 3.93. The van der Waals surface area contributed by atoms with Crippen LogP contribution in [-0.4, -0.2) is 35.9 Å². The van der Waals surface area contributed by atoms with Crippen molar-refractivity contribution >= 4 is 17.6 Å². The molecule has 0 radical (unpaired) electrons. The Bertz CT molecular complexity index is 716. The summed E-state index contributed by atoms with van der Waals surface area (Å²) < 4.78 is 0. The van der Waals surface area contributed by atoms with Crippen LogP contribution >= 0.6 is 0 Å². The van der Waals surface area contributed by atoms with Crippen LogP contribution in [0.4, 0.5) is 10.5 Å². The van der Waals surface area contributed by atoms with Gasteiger partial charge in [-0.1, -0.05) is 25.1 Å². The molecule has 0 unspecified atom stereocenters. The Morgan fingerprint density at radius 1 is 1.12 bits per heavy atom. The molecule has 0 aliphatic carbocycles. The minimum atomic E-state index is -0.298. The summed E-state index contributed by atoms with van der Waals surface area (Å²) in [6.45, 7) is 2.01. The molecule has 2 rings (SSSR count). The number of nitrogens with one attached hydrogen (secondary N) is 2. The van der Waals surface area contributed by atoms with E-state index in [1.165, 1.54) is 4.90 Å². The van der Waals surface area contributed by atoms with Gasteiger partial charge in [0, 0.05) is 32.2 Å². The van der Waals surface area contributed by atoms with Gasteiger partial charge in [0.15, 0.2) is 0 Å². The fourth-order valence-electron chi connectivity index (χ4n) is 2.45. The van der Waals surface area contributed by atoms with Gasteiger partial charge in [-0.15, -0.1) is 0 Å². The number of carbonyl (C=O) groups is 2. The van der Waals surface area contributed by atoms with Crippen LogP contribution in [0.1, 0.15) is 30.5 Å². The fraction of sp³-hybridized carbons (Fsp3) is 0.316. The predicted octanol–water partition coefficient (Wildman–Crippen LogP) is 2.99. The molecule has 6 heteroatoms. The van der Waals surface area contributed by atoms with Crippen LogP contribution in [0.15, 0.2) is 48.8 Å². The second-order valence-electron chi connectivity index (χ2n) is 5.96. The van der Waals surface area contributed by atoms with Crippen LogP contribution in [0.2, 0.25) is 0 Å². The average molecular weight is 340 g/mol. The molecule has 3 amide bonds. The monoisotopic (exact) mass is 340 g/mol. The van der Waals surface area contributed by atoms with Crippen LogP contribution in [0.5, 0.6) is 0 Å². The summed E-state index contributed by atoms with van der Waals surface area (Å²) in [5, 5.41) is 5.81. The molecule has 2 N–H and O–H groups in total. The molecule has 6 nitrogen and oxygen atoms in total. The average Bonchev–Trinajstić information content (AvgIpc) is 2.62. The Kier molecular flexibility index (Phi) is 6.51. The minimum Gasteiger partial charge on any atom is -0.349 e. The van der Waals surface area contributed by atoms with Crippen molar-refractivity contribution in [3.8, 4) is 0 Å². The summed E-state index contributed by atoms with van der Waals surface area (Å²) in [4.78, 5) is 29.9. The second-order valence-corrected chi connectivity index (χ2v) is 5.96. The standard InChI is InChI=1S/C19H24N4O2/c1-4-16(14-9-11-20-12-10-14)21-19(25)22-17-8-6-5-7-15(17)13-18(24)23(2)3/h5-12,16H,4,13H2,1-3H3,(H2,21,22,25)/t16-/m0/s1. The summed E-state index contributed by atoms with van der Waals surface area (Å²) in [5.74, 6) is -0.0159. The van der Waals surface area contributed by atoms with Crippen LogP contribution < -0.4 is 10.6 Å². The van der Waals surface area contributed by atoms with E-state index in [0.29, 0.717) is 5.69 Å². The normalized spacial score (nSPS) is 11.5. The molecule has 0 aliphatic rings. The van der Waals surface area contributed by atoms with Gasteiger partial charge in [0.1, 0.15) is 0 Å². The van der Waals surface area contributed by atoms with Crippen molar-refractivity contribution < 1.29 is 9.59 Å². The number of pyridine rings is 1. The third kappa shape index (κ3) is 5.31. The lowest BCUT2D eigenvalue weighted by atomic mass is 10.1. The zero-order valence-corrected chi connectivity index (χ0v) is 14.8. The Balaban J connectivity index is 2.06. The van der Waals surface area contributed by atoms with E-state index in [1.807, 2.05) is 37.3 Å². The van der Waals surface area contributed by atoms with Gasteiger partial charge < -0.3 is 15.5 Å². The zero-order chi connectivity index (χ0) is 18.2. The number of carbonyl (C=O) groups excluding carboxylic acids is 2. The SMILES string of the molecule is CC[C@H](NC(=O)Nc1ccccc1CC(=O)N(C)C)c1ccncc1. The first-order valence-electron chi connectivity index (χ1n) is 8.26. The molecular formula is C19H24N4O2. The van der Waals surface area contributed by atoms with Gasteiger partial charge in [-0.25, -0.2) is 4.79 Å². The Morgan fingerprint density at radius 3 is 2.44 bits per heavy atom. The van der Waals surface area contributed by atoms with Crippen molar-refractivity contribution in [1.82, 2.24) is 15.2 Å². The number of para-hydroxylation sites is 1. The van der Waals surface area contributed by atoms with E-state index in [4.69, 9.17) is 0 Å².